The van der Waals surface area contributed by atoms with E-state index in [4.69, 9.17) is 0 Å². The highest BCUT2D eigenvalue weighted by atomic mass is 79.9. The maximum absolute atomic E-state index is 12.2. The predicted octanol–water partition coefficient (Wildman–Crippen LogP) is 3.07. The van der Waals surface area contributed by atoms with Gasteiger partial charge in [-0.25, -0.2) is 9.50 Å². The Morgan fingerprint density at radius 3 is 2.96 bits per heavy atom. The monoisotopic (exact) mass is 373 g/mol. The second-order valence-electron chi connectivity index (χ2n) is 5.29. The van der Waals surface area contributed by atoms with Gasteiger partial charge in [-0.3, -0.25) is 4.79 Å². The molecule has 1 amide bonds. The van der Waals surface area contributed by atoms with Gasteiger partial charge in [0.1, 0.15) is 6.33 Å². The zero-order valence-corrected chi connectivity index (χ0v) is 14.5. The van der Waals surface area contributed by atoms with E-state index in [0.717, 1.165) is 27.1 Å². The standard InChI is InChI=1S/C16H16BrN5O/c1-10-14(11(2)22-16(20-10)18-9-19-22)6-7-15(23)21-13-5-3-4-12(17)8-13/h3-5,8-9H,6-7H2,1-2H3,(H,21,23). The number of aryl methyl sites for hydroxylation is 2. The smallest absolute Gasteiger partial charge is 0.252 e. The van der Waals surface area contributed by atoms with Crippen molar-refractivity contribution in [1.82, 2.24) is 19.6 Å². The van der Waals surface area contributed by atoms with Crippen LogP contribution in [-0.4, -0.2) is 25.5 Å². The number of nitrogens with zero attached hydrogens (tertiary/aromatic N) is 4. The second kappa shape index (κ2) is 6.45. The number of amides is 1. The fourth-order valence-electron chi connectivity index (χ4n) is 2.55. The highest BCUT2D eigenvalue weighted by Gasteiger charge is 2.12. The van der Waals surface area contributed by atoms with Crippen LogP contribution in [-0.2, 0) is 11.2 Å². The summed E-state index contributed by atoms with van der Waals surface area (Å²) < 4.78 is 2.64. The molecule has 0 radical (unpaired) electrons. The minimum atomic E-state index is -0.0272. The van der Waals surface area contributed by atoms with Crippen molar-refractivity contribution < 1.29 is 4.79 Å². The summed E-state index contributed by atoms with van der Waals surface area (Å²) in [7, 11) is 0. The zero-order valence-electron chi connectivity index (χ0n) is 12.9. The highest BCUT2D eigenvalue weighted by molar-refractivity contribution is 9.10. The van der Waals surface area contributed by atoms with Crippen LogP contribution in [0.15, 0.2) is 35.1 Å². The van der Waals surface area contributed by atoms with Crippen LogP contribution >= 0.6 is 15.9 Å². The summed E-state index contributed by atoms with van der Waals surface area (Å²) in [5, 5.41) is 7.06. The number of carbonyl (C=O) groups is 1. The van der Waals surface area contributed by atoms with Crippen LogP contribution in [0.5, 0.6) is 0 Å². The Balaban J connectivity index is 1.72. The van der Waals surface area contributed by atoms with Gasteiger partial charge in [0.15, 0.2) is 0 Å². The van der Waals surface area contributed by atoms with Crippen molar-refractivity contribution in [3.63, 3.8) is 0 Å². The van der Waals surface area contributed by atoms with Crippen molar-refractivity contribution in [3.8, 4) is 0 Å². The molecule has 3 rings (SSSR count). The van der Waals surface area contributed by atoms with Gasteiger partial charge >= 0.3 is 0 Å². The lowest BCUT2D eigenvalue weighted by atomic mass is 10.1. The van der Waals surface area contributed by atoms with Gasteiger partial charge in [0, 0.05) is 28.0 Å². The average molecular weight is 374 g/mol. The molecular weight excluding hydrogens is 358 g/mol. The molecule has 7 heteroatoms. The molecule has 0 aliphatic heterocycles. The molecule has 0 unspecified atom stereocenters. The minimum Gasteiger partial charge on any atom is -0.326 e. The average Bonchev–Trinajstić information content (AvgIpc) is 2.95. The predicted molar refractivity (Wildman–Crippen MR) is 91.3 cm³/mol. The third-order valence-corrected chi connectivity index (χ3v) is 4.19. The van der Waals surface area contributed by atoms with E-state index in [-0.39, 0.29) is 5.91 Å². The van der Waals surface area contributed by atoms with Crippen molar-refractivity contribution in [3.05, 3.63) is 52.0 Å². The molecule has 2 heterocycles. The Labute approximate surface area is 142 Å². The van der Waals surface area contributed by atoms with Crippen LogP contribution in [0.3, 0.4) is 0 Å². The SMILES string of the molecule is Cc1nc2ncnn2c(C)c1CCC(=O)Nc1cccc(Br)c1. The molecular formula is C16H16BrN5O. The lowest BCUT2D eigenvalue weighted by Crippen LogP contribution is -2.14. The lowest BCUT2D eigenvalue weighted by Gasteiger charge is -2.10. The molecule has 6 nitrogen and oxygen atoms in total. The molecule has 0 bridgehead atoms. The van der Waals surface area contributed by atoms with Crippen LogP contribution in [0.25, 0.3) is 5.78 Å². The summed E-state index contributed by atoms with van der Waals surface area (Å²) in [5.41, 5.74) is 3.67. The first-order valence-electron chi connectivity index (χ1n) is 7.26. The first-order valence-corrected chi connectivity index (χ1v) is 8.05. The molecule has 0 saturated heterocycles. The first-order chi connectivity index (χ1) is 11.0. The third-order valence-electron chi connectivity index (χ3n) is 3.70. The molecule has 0 spiro atoms. The molecule has 3 aromatic rings. The molecule has 118 valence electrons. The zero-order chi connectivity index (χ0) is 16.4. The lowest BCUT2D eigenvalue weighted by molar-refractivity contribution is -0.116. The Morgan fingerprint density at radius 1 is 1.35 bits per heavy atom. The van der Waals surface area contributed by atoms with E-state index in [1.165, 1.54) is 6.33 Å². The van der Waals surface area contributed by atoms with E-state index < -0.39 is 0 Å². The van der Waals surface area contributed by atoms with Crippen molar-refractivity contribution in [2.75, 3.05) is 5.32 Å². The summed E-state index contributed by atoms with van der Waals surface area (Å²) in [6.45, 7) is 3.90. The van der Waals surface area contributed by atoms with E-state index in [1.54, 1.807) is 4.52 Å². The molecule has 0 atom stereocenters. The van der Waals surface area contributed by atoms with Gasteiger partial charge in [0.25, 0.3) is 5.78 Å². The molecule has 0 aliphatic carbocycles. The number of hydrogen-bond acceptors (Lipinski definition) is 4. The topological polar surface area (TPSA) is 72.2 Å². The number of benzene rings is 1. The number of anilines is 1. The number of aromatic nitrogens is 4. The van der Waals surface area contributed by atoms with E-state index in [0.29, 0.717) is 18.6 Å². The number of fused-ring (bicyclic) bond motifs is 1. The van der Waals surface area contributed by atoms with Crippen molar-refractivity contribution >= 4 is 33.3 Å². The van der Waals surface area contributed by atoms with E-state index >= 15 is 0 Å². The fraction of sp³-hybridized carbons (Fsp3) is 0.250. The van der Waals surface area contributed by atoms with Gasteiger partial charge in [-0.1, -0.05) is 22.0 Å². The van der Waals surface area contributed by atoms with Crippen molar-refractivity contribution in [2.45, 2.75) is 26.7 Å². The van der Waals surface area contributed by atoms with Crippen LogP contribution in [0.1, 0.15) is 23.4 Å². The molecule has 0 aliphatic rings. The molecule has 0 fully saturated rings. The fourth-order valence-corrected chi connectivity index (χ4v) is 2.94. The van der Waals surface area contributed by atoms with Gasteiger partial charge in [-0.05, 0) is 44.0 Å². The van der Waals surface area contributed by atoms with Gasteiger partial charge < -0.3 is 5.32 Å². The number of carbonyl (C=O) groups excluding carboxylic acids is 1. The van der Waals surface area contributed by atoms with Crippen molar-refractivity contribution in [1.29, 1.82) is 0 Å². The number of halogens is 1. The molecule has 2 aromatic heterocycles. The Hall–Kier alpha value is -2.28. The minimum absolute atomic E-state index is 0.0272. The molecule has 0 saturated carbocycles. The van der Waals surface area contributed by atoms with Crippen LogP contribution < -0.4 is 5.32 Å². The summed E-state index contributed by atoms with van der Waals surface area (Å²) in [6, 6.07) is 7.54. The summed E-state index contributed by atoms with van der Waals surface area (Å²) in [4.78, 5) is 20.7. The Kier molecular flexibility index (Phi) is 4.38. The van der Waals surface area contributed by atoms with E-state index in [1.807, 2.05) is 38.1 Å². The number of rotatable bonds is 4. The summed E-state index contributed by atoms with van der Waals surface area (Å²) in [6.07, 6.45) is 2.48. The van der Waals surface area contributed by atoms with Gasteiger partial charge in [0.2, 0.25) is 5.91 Å². The maximum atomic E-state index is 12.2. The maximum Gasteiger partial charge on any atom is 0.252 e. The number of hydrogen-bond donors (Lipinski definition) is 1. The third kappa shape index (κ3) is 3.39. The highest BCUT2D eigenvalue weighted by Crippen LogP contribution is 2.17. The normalized spacial score (nSPS) is 10.9. The summed E-state index contributed by atoms with van der Waals surface area (Å²) >= 11 is 3.39. The van der Waals surface area contributed by atoms with Crippen LogP contribution in [0.2, 0.25) is 0 Å². The van der Waals surface area contributed by atoms with Gasteiger partial charge in [-0.15, -0.1) is 0 Å². The van der Waals surface area contributed by atoms with Gasteiger partial charge in [-0.2, -0.15) is 10.1 Å². The molecule has 23 heavy (non-hydrogen) atoms. The van der Waals surface area contributed by atoms with Gasteiger partial charge in [0.05, 0.1) is 0 Å². The summed E-state index contributed by atoms with van der Waals surface area (Å²) in [5.74, 6) is 0.558. The van der Waals surface area contributed by atoms with Crippen LogP contribution in [0.4, 0.5) is 5.69 Å². The van der Waals surface area contributed by atoms with E-state index in [2.05, 4.69) is 36.3 Å². The van der Waals surface area contributed by atoms with Crippen molar-refractivity contribution in [2.24, 2.45) is 0 Å². The van der Waals surface area contributed by atoms with Crippen LogP contribution in [0, 0.1) is 13.8 Å². The largest absolute Gasteiger partial charge is 0.326 e. The molecule has 1 N–H and O–H groups in total. The molecule has 1 aromatic carbocycles. The Morgan fingerprint density at radius 2 is 2.17 bits per heavy atom. The first kappa shape index (κ1) is 15.6. The quantitative estimate of drug-likeness (QED) is 0.762. The second-order valence-corrected chi connectivity index (χ2v) is 6.21. The Bertz CT molecular complexity index is 874. The number of nitrogens with one attached hydrogen (secondary N) is 1. The van der Waals surface area contributed by atoms with E-state index in [9.17, 15) is 4.79 Å².